The first-order valence-electron chi connectivity index (χ1n) is 7.76. The van der Waals surface area contributed by atoms with Crippen molar-refractivity contribution < 1.29 is 4.79 Å². The van der Waals surface area contributed by atoms with Crippen LogP contribution < -0.4 is 10.6 Å². The van der Waals surface area contributed by atoms with E-state index in [0.29, 0.717) is 27.3 Å². The van der Waals surface area contributed by atoms with Crippen LogP contribution in [0.5, 0.6) is 0 Å². The molecule has 1 amide bonds. The number of benzene rings is 1. The summed E-state index contributed by atoms with van der Waals surface area (Å²) in [5, 5.41) is 9.80. The summed E-state index contributed by atoms with van der Waals surface area (Å²) in [6.45, 7) is 5.52. The van der Waals surface area contributed by atoms with Crippen LogP contribution in [0.15, 0.2) is 23.6 Å². The molecule has 0 spiro atoms. The Morgan fingerprint density at radius 2 is 2.00 bits per heavy atom. The third kappa shape index (κ3) is 6.23. The van der Waals surface area contributed by atoms with E-state index in [1.54, 1.807) is 17.5 Å². The minimum atomic E-state index is -0.155. The summed E-state index contributed by atoms with van der Waals surface area (Å²) in [7, 11) is 0. The van der Waals surface area contributed by atoms with Crippen molar-refractivity contribution in [2.24, 2.45) is 0 Å². The number of rotatable bonds is 5. The standard InChI is InChI=1S/C16H18Cl2N4OS.2ClH/c17-11-1-2-12(13(18)9-11)16-21-14(10-24-16)15(23)20-5-8-22-6-3-19-4-7-22;;/h1-2,9-10,19H,3-8H2,(H,20,23);2*1H. The summed E-state index contributed by atoms with van der Waals surface area (Å²) in [5.74, 6) is -0.155. The Labute approximate surface area is 179 Å². The van der Waals surface area contributed by atoms with Crippen molar-refractivity contribution in [3.8, 4) is 10.6 Å². The monoisotopic (exact) mass is 456 g/mol. The van der Waals surface area contributed by atoms with Gasteiger partial charge < -0.3 is 10.6 Å². The molecule has 1 aliphatic heterocycles. The molecule has 2 N–H and O–H groups in total. The summed E-state index contributed by atoms with van der Waals surface area (Å²) in [4.78, 5) is 18.9. The second kappa shape index (κ2) is 11.3. The molecule has 0 aliphatic carbocycles. The van der Waals surface area contributed by atoms with Gasteiger partial charge in [0.15, 0.2) is 0 Å². The number of amides is 1. The van der Waals surface area contributed by atoms with Crippen molar-refractivity contribution in [2.45, 2.75) is 0 Å². The molecule has 1 aromatic heterocycles. The fourth-order valence-electron chi connectivity index (χ4n) is 2.52. The van der Waals surface area contributed by atoms with E-state index >= 15 is 0 Å². The Bertz CT molecular complexity index is 722. The number of carbonyl (C=O) groups is 1. The molecule has 144 valence electrons. The fourth-order valence-corrected chi connectivity index (χ4v) is 3.91. The van der Waals surface area contributed by atoms with E-state index in [1.807, 2.05) is 6.07 Å². The zero-order valence-corrected chi connectivity index (χ0v) is 17.8. The smallest absolute Gasteiger partial charge is 0.270 e. The highest BCUT2D eigenvalue weighted by Gasteiger charge is 2.14. The highest BCUT2D eigenvalue weighted by Crippen LogP contribution is 2.32. The minimum Gasteiger partial charge on any atom is -0.349 e. The van der Waals surface area contributed by atoms with Gasteiger partial charge in [0, 0.05) is 55.2 Å². The van der Waals surface area contributed by atoms with Crippen molar-refractivity contribution in [3.05, 3.63) is 39.3 Å². The van der Waals surface area contributed by atoms with Crippen LogP contribution in [-0.2, 0) is 0 Å². The van der Waals surface area contributed by atoms with Crippen LogP contribution in [0.25, 0.3) is 10.6 Å². The number of piperazine rings is 1. The Morgan fingerprint density at radius 3 is 2.69 bits per heavy atom. The number of hydrogen-bond donors (Lipinski definition) is 2. The van der Waals surface area contributed by atoms with Crippen molar-refractivity contribution in [1.82, 2.24) is 20.5 Å². The van der Waals surface area contributed by atoms with Gasteiger partial charge in [-0.1, -0.05) is 23.2 Å². The number of thiazole rings is 1. The van der Waals surface area contributed by atoms with Gasteiger partial charge in [0.25, 0.3) is 5.91 Å². The molecular weight excluding hydrogens is 438 g/mol. The molecule has 2 aromatic rings. The van der Waals surface area contributed by atoms with Crippen LogP contribution >= 0.6 is 59.4 Å². The molecule has 0 saturated carbocycles. The molecule has 1 aliphatic rings. The molecule has 2 heterocycles. The molecule has 10 heteroatoms. The van der Waals surface area contributed by atoms with E-state index in [-0.39, 0.29) is 30.7 Å². The molecule has 0 unspecified atom stereocenters. The molecule has 0 atom stereocenters. The lowest BCUT2D eigenvalue weighted by atomic mass is 10.2. The van der Waals surface area contributed by atoms with Crippen LogP contribution in [-0.4, -0.2) is 55.1 Å². The normalized spacial score (nSPS) is 14.2. The van der Waals surface area contributed by atoms with Gasteiger partial charge in [-0.3, -0.25) is 9.69 Å². The average Bonchev–Trinajstić information content (AvgIpc) is 3.05. The van der Waals surface area contributed by atoms with Gasteiger partial charge in [0.05, 0.1) is 5.02 Å². The van der Waals surface area contributed by atoms with Crippen LogP contribution in [0.3, 0.4) is 0 Å². The summed E-state index contributed by atoms with van der Waals surface area (Å²) in [6, 6.07) is 5.25. The number of halogens is 4. The minimum absolute atomic E-state index is 0. The van der Waals surface area contributed by atoms with Crippen molar-refractivity contribution in [3.63, 3.8) is 0 Å². The van der Waals surface area contributed by atoms with Gasteiger partial charge in [-0.25, -0.2) is 4.98 Å². The molecular formula is C16H20Cl4N4OS. The van der Waals surface area contributed by atoms with Crippen molar-refractivity contribution >= 4 is 65.3 Å². The quantitative estimate of drug-likeness (QED) is 0.720. The van der Waals surface area contributed by atoms with Gasteiger partial charge in [-0.05, 0) is 18.2 Å². The van der Waals surface area contributed by atoms with Gasteiger partial charge in [-0.2, -0.15) is 0 Å². The molecule has 0 bridgehead atoms. The second-order valence-corrected chi connectivity index (χ2v) is 7.21. The lowest BCUT2D eigenvalue weighted by Crippen LogP contribution is -2.46. The van der Waals surface area contributed by atoms with Gasteiger partial charge in [-0.15, -0.1) is 36.2 Å². The molecule has 5 nitrogen and oxygen atoms in total. The fraction of sp³-hybridized carbons (Fsp3) is 0.375. The van der Waals surface area contributed by atoms with Gasteiger partial charge >= 0.3 is 0 Å². The molecule has 1 fully saturated rings. The lowest BCUT2D eigenvalue weighted by molar-refractivity contribution is 0.0943. The third-order valence-electron chi connectivity index (χ3n) is 3.82. The van der Waals surface area contributed by atoms with Gasteiger partial charge in [0.2, 0.25) is 0 Å². The largest absolute Gasteiger partial charge is 0.349 e. The first kappa shape index (κ1) is 23.4. The second-order valence-electron chi connectivity index (χ2n) is 5.51. The maximum absolute atomic E-state index is 12.2. The van der Waals surface area contributed by atoms with E-state index in [2.05, 4.69) is 20.5 Å². The highest BCUT2D eigenvalue weighted by molar-refractivity contribution is 7.13. The van der Waals surface area contributed by atoms with Crippen LogP contribution in [0.1, 0.15) is 10.5 Å². The Kier molecular flexibility index (Phi) is 10.2. The highest BCUT2D eigenvalue weighted by atomic mass is 35.5. The third-order valence-corrected chi connectivity index (χ3v) is 5.24. The molecule has 1 saturated heterocycles. The first-order valence-corrected chi connectivity index (χ1v) is 9.39. The first-order chi connectivity index (χ1) is 11.6. The molecule has 3 rings (SSSR count). The number of nitrogens with one attached hydrogen (secondary N) is 2. The predicted octanol–water partition coefficient (Wildman–Crippen LogP) is 3.60. The SMILES string of the molecule is Cl.Cl.O=C(NCCN1CCNCC1)c1csc(-c2ccc(Cl)cc2Cl)n1. The Morgan fingerprint density at radius 1 is 1.27 bits per heavy atom. The van der Waals surface area contributed by atoms with E-state index in [1.165, 1.54) is 11.3 Å². The van der Waals surface area contributed by atoms with Crippen LogP contribution in [0, 0.1) is 0 Å². The number of aromatic nitrogens is 1. The molecule has 0 radical (unpaired) electrons. The van der Waals surface area contributed by atoms with E-state index in [0.717, 1.165) is 38.3 Å². The Balaban J connectivity index is 0.00000169. The van der Waals surface area contributed by atoms with Crippen molar-refractivity contribution in [1.29, 1.82) is 0 Å². The predicted molar refractivity (Wildman–Crippen MR) is 114 cm³/mol. The topological polar surface area (TPSA) is 57.3 Å². The average molecular weight is 458 g/mol. The van der Waals surface area contributed by atoms with E-state index in [9.17, 15) is 4.79 Å². The number of nitrogens with zero attached hydrogens (tertiary/aromatic N) is 2. The number of hydrogen-bond acceptors (Lipinski definition) is 5. The van der Waals surface area contributed by atoms with E-state index in [4.69, 9.17) is 23.2 Å². The van der Waals surface area contributed by atoms with Gasteiger partial charge in [0.1, 0.15) is 10.7 Å². The summed E-state index contributed by atoms with van der Waals surface area (Å²) in [6.07, 6.45) is 0. The van der Waals surface area contributed by atoms with Crippen molar-refractivity contribution in [2.75, 3.05) is 39.3 Å². The summed E-state index contributed by atoms with van der Waals surface area (Å²) < 4.78 is 0. The zero-order valence-electron chi connectivity index (χ0n) is 13.8. The van der Waals surface area contributed by atoms with Crippen LogP contribution in [0.2, 0.25) is 10.0 Å². The zero-order chi connectivity index (χ0) is 16.9. The summed E-state index contributed by atoms with van der Waals surface area (Å²) >= 11 is 13.5. The maximum atomic E-state index is 12.2. The summed E-state index contributed by atoms with van der Waals surface area (Å²) in [5.41, 5.74) is 1.20. The maximum Gasteiger partial charge on any atom is 0.270 e. The van der Waals surface area contributed by atoms with E-state index < -0.39 is 0 Å². The number of carbonyl (C=O) groups excluding carboxylic acids is 1. The van der Waals surface area contributed by atoms with Crippen LogP contribution in [0.4, 0.5) is 0 Å². The Hall–Kier alpha value is -0.600. The molecule has 26 heavy (non-hydrogen) atoms. The lowest BCUT2D eigenvalue weighted by Gasteiger charge is -2.26. The molecule has 1 aromatic carbocycles.